The van der Waals surface area contributed by atoms with Crippen LogP contribution in [0.1, 0.15) is 43.6 Å². The van der Waals surface area contributed by atoms with Gasteiger partial charge in [-0.05, 0) is 37.3 Å². The van der Waals surface area contributed by atoms with E-state index in [1.54, 1.807) is 12.1 Å². The summed E-state index contributed by atoms with van der Waals surface area (Å²) in [6, 6.07) is 3.48. The van der Waals surface area contributed by atoms with E-state index >= 15 is 0 Å². The lowest BCUT2D eigenvalue weighted by atomic mass is 10.1. The number of carbonyl (C=O) groups excluding carboxylic acids is 1. The van der Waals surface area contributed by atoms with Crippen LogP contribution in [0.25, 0.3) is 0 Å². The Hall–Kier alpha value is -1.69. The van der Waals surface area contributed by atoms with Gasteiger partial charge in [0.25, 0.3) is 5.91 Å². The van der Waals surface area contributed by atoms with E-state index in [4.69, 9.17) is 4.74 Å². The van der Waals surface area contributed by atoms with Crippen molar-refractivity contribution in [1.29, 1.82) is 0 Å². The van der Waals surface area contributed by atoms with Crippen LogP contribution in [0.4, 0.5) is 5.82 Å². The quantitative estimate of drug-likeness (QED) is 0.802. The number of aromatic nitrogens is 2. The average molecular weight is 292 g/mol. The molecule has 1 aromatic heterocycles. The summed E-state index contributed by atoms with van der Waals surface area (Å²) >= 11 is 0. The second kappa shape index (κ2) is 7.93. The van der Waals surface area contributed by atoms with E-state index in [-0.39, 0.29) is 12.0 Å². The van der Waals surface area contributed by atoms with Crippen molar-refractivity contribution in [2.45, 2.75) is 39.2 Å². The molecule has 2 rings (SSSR count). The number of ether oxygens (including phenoxy) is 1. The molecule has 1 aliphatic rings. The molecule has 1 saturated heterocycles. The maximum atomic E-state index is 11.9. The van der Waals surface area contributed by atoms with Gasteiger partial charge in [0.15, 0.2) is 5.69 Å². The summed E-state index contributed by atoms with van der Waals surface area (Å²) in [5, 5.41) is 14.0. The van der Waals surface area contributed by atoms with E-state index in [2.05, 4.69) is 34.7 Å². The van der Waals surface area contributed by atoms with Gasteiger partial charge in [-0.15, -0.1) is 10.2 Å². The zero-order valence-electron chi connectivity index (χ0n) is 12.8. The van der Waals surface area contributed by atoms with Crippen LogP contribution in [0.15, 0.2) is 12.1 Å². The Bertz CT molecular complexity index is 441. The summed E-state index contributed by atoms with van der Waals surface area (Å²) in [5.41, 5.74) is 0.336. The maximum absolute atomic E-state index is 11.9. The minimum absolute atomic E-state index is 0.138. The Morgan fingerprint density at radius 2 is 2.29 bits per heavy atom. The molecule has 1 fully saturated rings. The largest absolute Gasteiger partial charge is 0.376 e. The predicted octanol–water partition coefficient (Wildman–Crippen LogP) is 1.84. The van der Waals surface area contributed by atoms with Gasteiger partial charge in [-0.1, -0.05) is 13.8 Å². The van der Waals surface area contributed by atoms with E-state index < -0.39 is 0 Å². The van der Waals surface area contributed by atoms with Crippen molar-refractivity contribution in [3.8, 4) is 0 Å². The number of rotatable bonds is 7. The Morgan fingerprint density at radius 1 is 1.43 bits per heavy atom. The zero-order chi connectivity index (χ0) is 15.1. The highest BCUT2D eigenvalue weighted by Crippen LogP contribution is 2.11. The first kappa shape index (κ1) is 15.7. The van der Waals surface area contributed by atoms with E-state index in [9.17, 15) is 4.79 Å². The van der Waals surface area contributed by atoms with Gasteiger partial charge in [0.05, 0.1) is 6.10 Å². The summed E-state index contributed by atoms with van der Waals surface area (Å²) in [5.74, 6) is 1.14. The maximum Gasteiger partial charge on any atom is 0.271 e. The van der Waals surface area contributed by atoms with Gasteiger partial charge in [-0.25, -0.2) is 0 Å². The predicted molar refractivity (Wildman–Crippen MR) is 81.3 cm³/mol. The molecule has 0 aromatic carbocycles. The molecule has 1 unspecified atom stereocenters. The van der Waals surface area contributed by atoms with Crippen LogP contribution < -0.4 is 10.6 Å². The smallest absolute Gasteiger partial charge is 0.271 e. The normalized spacial score (nSPS) is 18.0. The third-order valence-corrected chi connectivity index (χ3v) is 3.44. The fourth-order valence-electron chi connectivity index (χ4n) is 2.14. The molecule has 1 amide bonds. The van der Waals surface area contributed by atoms with Crippen LogP contribution >= 0.6 is 0 Å². The van der Waals surface area contributed by atoms with Crippen LogP contribution in [0.3, 0.4) is 0 Å². The number of carbonyl (C=O) groups is 1. The second-order valence-electron chi connectivity index (χ2n) is 5.76. The Kier molecular flexibility index (Phi) is 5.92. The summed E-state index contributed by atoms with van der Waals surface area (Å²) in [6.45, 7) is 6.53. The van der Waals surface area contributed by atoms with Gasteiger partial charge in [0, 0.05) is 19.7 Å². The van der Waals surface area contributed by atoms with Crippen LogP contribution in [0.2, 0.25) is 0 Å². The summed E-state index contributed by atoms with van der Waals surface area (Å²) < 4.78 is 5.46. The van der Waals surface area contributed by atoms with Crippen LogP contribution in [-0.2, 0) is 4.74 Å². The molecule has 0 saturated carbocycles. The number of anilines is 1. The van der Waals surface area contributed by atoms with Gasteiger partial charge < -0.3 is 15.4 Å². The summed E-state index contributed by atoms with van der Waals surface area (Å²) in [4.78, 5) is 11.9. The van der Waals surface area contributed by atoms with E-state index in [0.29, 0.717) is 24.0 Å². The van der Waals surface area contributed by atoms with Crippen LogP contribution in [-0.4, -0.2) is 41.9 Å². The number of nitrogens with one attached hydrogen (secondary N) is 2. The third kappa shape index (κ3) is 5.30. The number of hydrogen-bond acceptors (Lipinski definition) is 5. The number of hydrogen-bond donors (Lipinski definition) is 2. The summed E-state index contributed by atoms with van der Waals surface area (Å²) in [7, 11) is 0. The minimum Gasteiger partial charge on any atom is -0.376 e. The SMILES string of the molecule is CC(C)CCNc1ccc(C(=O)NCC2CCCO2)nn1. The third-order valence-electron chi connectivity index (χ3n) is 3.44. The van der Waals surface area contributed by atoms with Crippen LogP contribution in [0.5, 0.6) is 0 Å². The molecule has 21 heavy (non-hydrogen) atoms. The fraction of sp³-hybridized carbons (Fsp3) is 0.667. The molecule has 116 valence electrons. The molecule has 6 nitrogen and oxygen atoms in total. The molecule has 0 bridgehead atoms. The highest BCUT2D eigenvalue weighted by Gasteiger charge is 2.17. The molecule has 1 atom stereocenters. The second-order valence-corrected chi connectivity index (χ2v) is 5.76. The molecule has 0 radical (unpaired) electrons. The number of nitrogens with zero attached hydrogens (tertiary/aromatic N) is 2. The lowest BCUT2D eigenvalue weighted by molar-refractivity contribution is 0.0853. The summed E-state index contributed by atoms with van der Waals surface area (Å²) in [6.07, 6.45) is 3.28. The number of amides is 1. The average Bonchev–Trinajstić information content (AvgIpc) is 2.98. The molecular weight excluding hydrogens is 268 g/mol. The molecular formula is C15H24N4O2. The van der Waals surface area contributed by atoms with Gasteiger partial charge in [-0.3, -0.25) is 4.79 Å². The molecule has 2 heterocycles. The monoisotopic (exact) mass is 292 g/mol. The van der Waals surface area contributed by atoms with Crippen molar-refractivity contribution in [2.24, 2.45) is 5.92 Å². The Morgan fingerprint density at radius 3 is 2.90 bits per heavy atom. The van der Waals surface area contributed by atoms with Crippen molar-refractivity contribution in [3.63, 3.8) is 0 Å². The Labute approximate surface area is 125 Å². The standard InChI is InChI=1S/C15H24N4O2/c1-11(2)7-8-16-14-6-5-13(18-19-14)15(20)17-10-12-4-3-9-21-12/h5-6,11-12H,3-4,7-10H2,1-2H3,(H,16,19)(H,17,20). The van der Waals surface area contributed by atoms with Crippen molar-refractivity contribution in [2.75, 3.05) is 25.0 Å². The van der Waals surface area contributed by atoms with Crippen molar-refractivity contribution in [1.82, 2.24) is 15.5 Å². The molecule has 2 N–H and O–H groups in total. The molecule has 1 aliphatic heterocycles. The van der Waals surface area contributed by atoms with E-state index in [1.807, 2.05) is 0 Å². The fourth-order valence-corrected chi connectivity index (χ4v) is 2.14. The minimum atomic E-state index is -0.202. The lowest BCUT2D eigenvalue weighted by Crippen LogP contribution is -2.32. The van der Waals surface area contributed by atoms with E-state index in [1.165, 1.54) is 0 Å². The topological polar surface area (TPSA) is 76.1 Å². The van der Waals surface area contributed by atoms with Gasteiger partial charge in [-0.2, -0.15) is 0 Å². The lowest BCUT2D eigenvalue weighted by Gasteiger charge is -2.10. The molecule has 0 spiro atoms. The van der Waals surface area contributed by atoms with Crippen molar-refractivity contribution in [3.05, 3.63) is 17.8 Å². The van der Waals surface area contributed by atoms with Crippen LogP contribution in [0, 0.1) is 5.92 Å². The zero-order valence-corrected chi connectivity index (χ0v) is 12.8. The highest BCUT2D eigenvalue weighted by molar-refractivity contribution is 5.92. The molecule has 6 heteroatoms. The first-order chi connectivity index (χ1) is 10.1. The molecule has 1 aromatic rings. The van der Waals surface area contributed by atoms with E-state index in [0.717, 1.165) is 32.4 Å². The van der Waals surface area contributed by atoms with Gasteiger partial charge in [0.1, 0.15) is 5.82 Å². The van der Waals surface area contributed by atoms with Crippen molar-refractivity contribution >= 4 is 11.7 Å². The molecule has 0 aliphatic carbocycles. The Balaban J connectivity index is 1.76. The first-order valence-corrected chi connectivity index (χ1v) is 7.62. The highest BCUT2D eigenvalue weighted by atomic mass is 16.5. The van der Waals surface area contributed by atoms with Crippen molar-refractivity contribution < 1.29 is 9.53 Å². The van der Waals surface area contributed by atoms with Gasteiger partial charge in [0.2, 0.25) is 0 Å². The van der Waals surface area contributed by atoms with Gasteiger partial charge >= 0.3 is 0 Å². The first-order valence-electron chi connectivity index (χ1n) is 7.62.